The van der Waals surface area contributed by atoms with E-state index in [0.717, 1.165) is 16.3 Å². The van der Waals surface area contributed by atoms with Crippen molar-refractivity contribution in [2.24, 2.45) is 5.10 Å². The number of rotatable bonds is 3. The van der Waals surface area contributed by atoms with E-state index in [1.165, 1.54) is 0 Å². The molecule has 0 spiro atoms. The monoisotopic (exact) mass is 230 g/mol. The zero-order valence-electron chi connectivity index (χ0n) is 8.60. The summed E-state index contributed by atoms with van der Waals surface area (Å²) in [6, 6.07) is 17.3. The molecule has 0 aliphatic rings. The molecule has 0 aliphatic heterocycles. The quantitative estimate of drug-likeness (QED) is 0.630. The molecule has 16 heavy (non-hydrogen) atoms. The molecule has 2 aromatic carbocycles. The van der Waals surface area contributed by atoms with Gasteiger partial charge >= 0.3 is 0 Å². The third kappa shape index (κ3) is 3.11. The number of hydrogen-bond donors (Lipinski definition) is 1. The molecule has 0 atom stereocenters. The first-order chi connectivity index (χ1) is 7.84. The van der Waals surface area contributed by atoms with E-state index in [2.05, 4.69) is 10.5 Å². The van der Waals surface area contributed by atoms with Crippen molar-refractivity contribution in [1.29, 1.82) is 0 Å². The van der Waals surface area contributed by atoms with Gasteiger partial charge in [-0.1, -0.05) is 41.9 Å². The first kappa shape index (κ1) is 10.7. The summed E-state index contributed by atoms with van der Waals surface area (Å²) in [5, 5.41) is 4.84. The largest absolute Gasteiger partial charge is 0.279 e. The van der Waals surface area contributed by atoms with Gasteiger partial charge < -0.3 is 0 Å². The summed E-state index contributed by atoms with van der Waals surface area (Å²) in [5.74, 6) is 0. The molecule has 80 valence electrons. The Hall–Kier alpha value is -1.80. The fraction of sp³-hybridized carbons (Fsp3) is 0. The maximum Gasteiger partial charge on any atom is 0.0562 e. The van der Waals surface area contributed by atoms with Crippen LogP contribution in [0.3, 0.4) is 0 Å². The molecule has 0 saturated heterocycles. The highest BCUT2D eigenvalue weighted by Gasteiger charge is 1.89. The van der Waals surface area contributed by atoms with Crippen LogP contribution < -0.4 is 5.43 Å². The van der Waals surface area contributed by atoms with Gasteiger partial charge in [-0.15, -0.1) is 0 Å². The van der Waals surface area contributed by atoms with Crippen molar-refractivity contribution in [3.63, 3.8) is 0 Å². The molecule has 0 fully saturated rings. The average molecular weight is 231 g/mol. The molecule has 1 N–H and O–H groups in total. The van der Waals surface area contributed by atoms with Gasteiger partial charge in [-0.2, -0.15) is 5.10 Å². The molecule has 3 heteroatoms. The minimum Gasteiger partial charge on any atom is -0.279 e. The summed E-state index contributed by atoms with van der Waals surface area (Å²) in [6.45, 7) is 0. The minimum atomic E-state index is 0.720. The maximum absolute atomic E-state index is 5.78. The van der Waals surface area contributed by atoms with Gasteiger partial charge in [0, 0.05) is 5.02 Å². The van der Waals surface area contributed by atoms with E-state index < -0.39 is 0 Å². The number of hydrogen-bond acceptors (Lipinski definition) is 2. The fourth-order valence-corrected chi connectivity index (χ4v) is 1.37. The Morgan fingerprint density at radius 1 is 0.938 bits per heavy atom. The van der Waals surface area contributed by atoms with E-state index >= 15 is 0 Å². The third-order valence-corrected chi connectivity index (χ3v) is 2.30. The molecule has 0 aromatic heterocycles. The van der Waals surface area contributed by atoms with E-state index in [1.54, 1.807) is 6.21 Å². The van der Waals surface area contributed by atoms with Gasteiger partial charge in [-0.05, 0) is 29.8 Å². The van der Waals surface area contributed by atoms with Crippen molar-refractivity contribution < 1.29 is 0 Å². The second kappa shape index (κ2) is 5.33. The van der Waals surface area contributed by atoms with Crippen LogP contribution in [0.5, 0.6) is 0 Å². The van der Waals surface area contributed by atoms with Crippen LogP contribution in [0.25, 0.3) is 0 Å². The first-order valence-corrected chi connectivity index (χ1v) is 5.32. The minimum absolute atomic E-state index is 0.720. The zero-order chi connectivity index (χ0) is 11.2. The summed E-state index contributed by atoms with van der Waals surface area (Å²) in [4.78, 5) is 0. The van der Waals surface area contributed by atoms with E-state index in [-0.39, 0.29) is 0 Å². The number of hydrazone groups is 1. The lowest BCUT2D eigenvalue weighted by molar-refractivity contribution is 1.35. The number of halogens is 1. The van der Waals surface area contributed by atoms with Crippen LogP contribution in [0.4, 0.5) is 5.69 Å². The van der Waals surface area contributed by atoms with Crippen molar-refractivity contribution in [2.45, 2.75) is 0 Å². The van der Waals surface area contributed by atoms with Gasteiger partial charge in [0.2, 0.25) is 0 Å². The smallest absolute Gasteiger partial charge is 0.0562 e. The Kier molecular flexibility index (Phi) is 3.57. The molecule has 0 radical (unpaired) electrons. The van der Waals surface area contributed by atoms with Crippen LogP contribution in [-0.2, 0) is 0 Å². The van der Waals surface area contributed by atoms with E-state index in [4.69, 9.17) is 11.6 Å². The van der Waals surface area contributed by atoms with Gasteiger partial charge in [-0.25, -0.2) is 0 Å². The maximum atomic E-state index is 5.78. The molecule has 0 saturated carbocycles. The average Bonchev–Trinajstić information content (AvgIpc) is 2.33. The Labute approximate surface area is 99.6 Å². The number of benzene rings is 2. The topological polar surface area (TPSA) is 24.4 Å². The zero-order valence-corrected chi connectivity index (χ0v) is 9.35. The Balaban J connectivity index is 1.97. The number of nitrogens with one attached hydrogen (secondary N) is 1. The molecule has 0 unspecified atom stereocenters. The fourth-order valence-electron chi connectivity index (χ4n) is 1.24. The molecule has 2 nitrogen and oxygen atoms in total. The Morgan fingerprint density at radius 2 is 1.62 bits per heavy atom. The summed E-state index contributed by atoms with van der Waals surface area (Å²) < 4.78 is 0. The second-order valence-corrected chi connectivity index (χ2v) is 3.72. The molecule has 0 bridgehead atoms. The van der Waals surface area contributed by atoms with Gasteiger partial charge in [0.1, 0.15) is 0 Å². The van der Waals surface area contributed by atoms with Gasteiger partial charge in [0.05, 0.1) is 11.9 Å². The van der Waals surface area contributed by atoms with Gasteiger partial charge in [0.25, 0.3) is 0 Å². The van der Waals surface area contributed by atoms with Crippen molar-refractivity contribution in [3.05, 3.63) is 65.2 Å². The van der Waals surface area contributed by atoms with Crippen LogP contribution in [0.2, 0.25) is 5.02 Å². The third-order valence-electron chi connectivity index (χ3n) is 2.05. The van der Waals surface area contributed by atoms with Crippen LogP contribution in [0, 0.1) is 0 Å². The predicted octanol–water partition coefficient (Wildman–Crippen LogP) is 3.79. The van der Waals surface area contributed by atoms with Crippen LogP contribution >= 0.6 is 11.6 Å². The SMILES string of the molecule is Clc1ccc(N/N=C/c2ccccc2)cc1. The Morgan fingerprint density at radius 3 is 2.31 bits per heavy atom. The summed E-state index contributed by atoms with van der Waals surface area (Å²) in [5.41, 5.74) is 4.90. The van der Waals surface area contributed by atoms with Crippen molar-refractivity contribution in [2.75, 3.05) is 5.43 Å². The molecular formula is C13H11ClN2. The van der Waals surface area contributed by atoms with Crippen molar-refractivity contribution >= 4 is 23.5 Å². The molecule has 0 amide bonds. The highest BCUT2D eigenvalue weighted by Crippen LogP contribution is 2.13. The molecule has 0 heterocycles. The van der Waals surface area contributed by atoms with Gasteiger partial charge in [-0.3, -0.25) is 5.43 Å². The van der Waals surface area contributed by atoms with Crippen molar-refractivity contribution in [1.82, 2.24) is 0 Å². The number of anilines is 1. The highest BCUT2D eigenvalue weighted by atomic mass is 35.5. The van der Waals surface area contributed by atoms with Crippen LogP contribution in [0.15, 0.2) is 59.7 Å². The lowest BCUT2D eigenvalue weighted by Gasteiger charge is -1.99. The van der Waals surface area contributed by atoms with Crippen LogP contribution in [-0.4, -0.2) is 6.21 Å². The summed E-state index contributed by atoms with van der Waals surface area (Å²) in [6.07, 6.45) is 1.77. The second-order valence-electron chi connectivity index (χ2n) is 3.29. The molecule has 2 rings (SSSR count). The van der Waals surface area contributed by atoms with E-state index in [0.29, 0.717) is 0 Å². The molecule has 0 aliphatic carbocycles. The highest BCUT2D eigenvalue weighted by molar-refractivity contribution is 6.30. The Bertz CT molecular complexity index is 463. The number of nitrogens with zero attached hydrogens (tertiary/aromatic N) is 1. The van der Waals surface area contributed by atoms with E-state index in [1.807, 2.05) is 54.6 Å². The van der Waals surface area contributed by atoms with Crippen molar-refractivity contribution in [3.8, 4) is 0 Å². The first-order valence-electron chi connectivity index (χ1n) is 4.94. The van der Waals surface area contributed by atoms with Gasteiger partial charge in [0.15, 0.2) is 0 Å². The van der Waals surface area contributed by atoms with E-state index in [9.17, 15) is 0 Å². The predicted molar refractivity (Wildman–Crippen MR) is 69.1 cm³/mol. The normalized spacial score (nSPS) is 10.6. The standard InChI is InChI=1S/C13H11ClN2/c14-12-6-8-13(9-7-12)16-15-10-11-4-2-1-3-5-11/h1-10,16H/b15-10+. The van der Waals surface area contributed by atoms with Crippen LogP contribution in [0.1, 0.15) is 5.56 Å². The summed E-state index contributed by atoms with van der Waals surface area (Å²) in [7, 11) is 0. The summed E-state index contributed by atoms with van der Waals surface area (Å²) >= 11 is 5.78. The molecule has 2 aromatic rings. The molecular weight excluding hydrogens is 220 g/mol. The lowest BCUT2D eigenvalue weighted by atomic mass is 10.2. The lowest BCUT2D eigenvalue weighted by Crippen LogP contribution is -1.89.